The topological polar surface area (TPSA) is 159 Å². The molecule has 2 heterocycles. The van der Waals surface area contributed by atoms with Gasteiger partial charge < -0.3 is 35.3 Å². The maximum Gasteiger partial charge on any atom is 0.328 e. The van der Waals surface area contributed by atoms with Gasteiger partial charge >= 0.3 is 12.0 Å². The van der Waals surface area contributed by atoms with Crippen LogP contribution in [-0.2, 0) is 16.1 Å². The number of hydrogen-bond donors (Lipinski definition) is 5. The van der Waals surface area contributed by atoms with Crippen molar-refractivity contribution in [2.24, 2.45) is 0 Å². The fourth-order valence-electron chi connectivity index (χ4n) is 1.94. The number of nitrogens with one attached hydrogen (secondary N) is 3. The third-order valence-corrected chi connectivity index (χ3v) is 3.14. The molecule has 1 aliphatic rings. The van der Waals surface area contributed by atoms with Crippen molar-refractivity contribution in [3.05, 3.63) is 11.8 Å². The molecule has 11 nitrogen and oxygen atoms in total. The van der Waals surface area contributed by atoms with E-state index in [1.54, 1.807) is 0 Å². The van der Waals surface area contributed by atoms with Crippen molar-refractivity contribution in [3.63, 3.8) is 0 Å². The van der Waals surface area contributed by atoms with Gasteiger partial charge in [0.2, 0.25) is 11.8 Å². The first-order valence-electron chi connectivity index (χ1n) is 7.06. The van der Waals surface area contributed by atoms with Crippen LogP contribution in [-0.4, -0.2) is 64.3 Å². The van der Waals surface area contributed by atoms with Gasteiger partial charge in [-0.1, -0.05) is 0 Å². The fraction of sp³-hybridized carbons (Fsp3) is 0.667. The number of rotatable bonds is 6. The monoisotopic (exact) mass is 329 g/mol. The lowest BCUT2D eigenvalue weighted by molar-refractivity contribution is -0.141. The number of carboxylic acid groups (broad SMARTS) is 1. The number of ether oxygens (including phenoxy) is 1. The second-order valence-corrected chi connectivity index (χ2v) is 5.00. The standard InChI is InChI=1S/C12H19N5O6/c1-6(18)9(11(19)20)15-12(21)14-4-8-16-17-10(23-8)7-5-22-3-2-13-7/h6-7,9,13,18H,2-5H2,1H3,(H,19,20)(H2,14,15,21). The molecule has 1 aromatic rings. The second-order valence-electron chi connectivity index (χ2n) is 5.00. The molecular weight excluding hydrogens is 310 g/mol. The molecule has 0 spiro atoms. The van der Waals surface area contributed by atoms with Crippen molar-refractivity contribution in [2.75, 3.05) is 19.8 Å². The summed E-state index contributed by atoms with van der Waals surface area (Å²) in [5.41, 5.74) is 0. The number of hydrogen-bond acceptors (Lipinski definition) is 8. The van der Waals surface area contributed by atoms with Crippen LogP contribution in [0.15, 0.2) is 4.42 Å². The molecule has 0 aromatic carbocycles. The number of aliphatic hydroxyl groups excluding tert-OH is 1. The molecule has 1 aliphatic heterocycles. The Kier molecular flexibility index (Phi) is 5.84. The summed E-state index contributed by atoms with van der Waals surface area (Å²) in [6, 6.07) is -2.36. The van der Waals surface area contributed by atoms with Gasteiger partial charge in [0.25, 0.3) is 0 Å². The molecule has 5 N–H and O–H groups in total. The quantitative estimate of drug-likeness (QED) is 0.412. The molecule has 0 radical (unpaired) electrons. The first-order valence-corrected chi connectivity index (χ1v) is 7.06. The highest BCUT2D eigenvalue weighted by atomic mass is 16.5. The predicted octanol–water partition coefficient (Wildman–Crippen LogP) is -1.64. The molecule has 2 amide bonds. The van der Waals surface area contributed by atoms with E-state index in [-0.39, 0.29) is 18.5 Å². The van der Waals surface area contributed by atoms with Gasteiger partial charge in [-0.2, -0.15) is 0 Å². The van der Waals surface area contributed by atoms with Crippen LogP contribution in [0.3, 0.4) is 0 Å². The highest BCUT2D eigenvalue weighted by Gasteiger charge is 2.25. The second kappa shape index (κ2) is 7.85. The lowest BCUT2D eigenvalue weighted by atomic mass is 10.2. The Bertz CT molecular complexity index is 542. The molecule has 128 valence electrons. The molecule has 1 aromatic heterocycles. The molecule has 3 unspecified atom stereocenters. The molecular formula is C12H19N5O6. The van der Waals surface area contributed by atoms with Gasteiger partial charge in [0.05, 0.1) is 25.9 Å². The Labute approximate surface area is 131 Å². The number of carboxylic acids is 1. The molecule has 0 bridgehead atoms. The molecule has 1 fully saturated rings. The van der Waals surface area contributed by atoms with Gasteiger partial charge in [0, 0.05) is 6.54 Å². The van der Waals surface area contributed by atoms with Crippen LogP contribution in [0.2, 0.25) is 0 Å². The molecule has 1 saturated heterocycles. The number of carbonyl (C=O) groups is 2. The SMILES string of the molecule is CC(O)C(NC(=O)NCc1nnc(C2COCCN2)o1)C(=O)O. The van der Waals surface area contributed by atoms with Gasteiger partial charge in [0.1, 0.15) is 6.04 Å². The van der Waals surface area contributed by atoms with Crippen molar-refractivity contribution >= 4 is 12.0 Å². The van der Waals surface area contributed by atoms with E-state index < -0.39 is 24.1 Å². The van der Waals surface area contributed by atoms with Crippen molar-refractivity contribution in [2.45, 2.75) is 31.7 Å². The van der Waals surface area contributed by atoms with E-state index in [9.17, 15) is 14.7 Å². The van der Waals surface area contributed by atoms with E-state index in [0.29, 0.717) is 25.6 Å². The van der Waals surface area contributed by atoms with Gasteiger partial charge in [-0.05, 0) is 6.92 Å². The minimum Gasteiger partial charge on any atom is -0.480 e. The van der Waals surface area contributed by atoms with Crippen LogP contribution in [0.25, 0.3) is 0 Å². The van der Waals surface area contributed by atoms with E-state index in [1.807, 2.05) is 0 Å². The largest absolute Gasteiger partial charge is 0.480 e. The average Bonchev–Trinajstić information content (AvgIpc) is 3.00. The Morgan fingerprint density at radius 3 is 2.87 bits per heavy atom. The Balaban J connectivity index is 1.82. The average molecular weight is 329 g/mol. The smallest absolute Gasteiger partial charge is 0.328 e. The summed E-state index contributed by atoms with van der Waals surface area (Å²) in [5.74, 6) is -0.806. The van der Waals surface area contributed by atoms with E-state index in [1.165, 1.54) is 6.92 Å². The summed E-state index contributed by atoms with van der Waals surface area (Å²) >= 11 is 0. The maximum absolute atomic E-state index is 11.6. The van der Waals surface area contributed by atoms with E-state index in [0.717, 1.165) is 0 Å². The summed E-state index contributed by atoms with van der Waals surface area (Å²) in [6.07, 6.45) is -1.23. The number of urea groups is 1. The van der Waals surface area contributed by atoms with Crippen LogP contribution >= 0.6 is 0 Å². The number of carbonyl (C=O) groups excluding carboxylic acids is 1. The number of aromatic nitrogens is 2. The zero-order valence-corrected chi connectivity index (χ0v) is 12.5. The summed E-state index contributed by atoms with van der Waals surface area (Å²) < 4.78 is 10.7. The highest BCUT2D eigenvalue weighted by molar-refractivity contribution is 5.82. The molecule has 2 rings (SSSR count). The van der Waals surface area contributed by atoms with Crippen molar-refractivity contribution in [3.8, 4) is 0 Å². The number of nitrogens with zero attached hydrogens (tertiary/aromatic N) is 2. The maximum atomic E-state index is 11.6. The zero-order valence-electron chi connectivity index (χ0n) is 12.5. The summed E-state index contributed by atoms with van der Waals surface area (Å²) in [6.45, 7) is 2.91. The van der Waals surface area contributed by atoms with Gasteiger partial charge in [-0.25, -0.2) is 9.59 Å². The predicted molar refractivity (Wildman–Crippen MR) is 74.3 cm³/mol. The Morgan fingerprint density at radius 1 is 1.48 bits per heavy atom. The molecule has 11 heteroatoms. The summed E-state index contributed by atoms with van der Waals surface area (Å²) in [7, 11) is 0. The number of amides is 2. The van der Waals surface area contributed by atoms with Crippen LogP contribution in [0.1, 0.15) is 24.7 Å². The summed E-state index contributed by atoms with van der Waals surface area (Å²) in [5, 5.41) is 33.5. The van der Waals surface area contributed by atoms with Gasteiger partial charge in [-0.15, -0.1) is 10.2 Å². The molecule has 3 atom stereocenters. The van der Waals surface area contributed by atoms with E-state index in [4.69, 9.17) is 14.3 Å². The van der Waals surface area contributed by atoms with Crippen molar-refractivity contribution < 1.29 is 29.0 Å². The molecule has 0 aliphatic carbocycles. The number of aliphatic hydroxyl groups is 1. The molecule has 23 heavy (non-hydrogen) atoms. The summed E-state index contributed by atoms with van der Waals surface area (Å²) in [4.78, 5) is 22.5. The van der Waals surface area contributed by atoms with Gasteiger partial charge in [-0.3, -0.25) is 0 Å². The van der Waals surface area contributed by atoms with Gasteiger partial charge in [0.15, 0.2) is 6.04 Å². The highest BCUT2D eigenvalue weighted by Crippen LogP contribution is 2.13. The number of morpholine rings is 1. The van der Waals surface area contributed by atoms with Crippen LogP contribution < -0.4 is 16.0 Å². The van der Waals surface area contributed by atoms with Crippen LogP contribution in [0.5, 0.6) is 0 Å². The van der Waals surface area contributed by atoms with Crippen molar-refractivity contribution in [1.29, 1.82) is 0 Å². The third-order valence-electron chi connectivity index (χ3n) is 3.14. The van der Waals surface area contributed by atoms with Crippen LogP contribution in [0, 0.1) is 0 Å². The lowest BCUT2D eigenvalue weighted by Gasteiger charge is -2.20. The Morgan fingerprint density at radius 2 is 2.26 bits per heavy atom. The van der Waals surface area contributed by atoms with Crippen LogP contribution in [0.4, 0.5) is 4.79 Å². The number of aliphatic carboxylic acids is 1. The molecule has 0 saturated carbocycles. The van der Waals surface area contributed by atoms with Crippen molar-refractivity contribution in [1.82, 2.24) is 26.1 Å². The lowest BCUT2D eigenvalue weighted by Crippen LogP contribution is -2.51. The fourth-order valence-corrected chi connectivity index (χ4v) is 1.94. The minimum absolute atomic E-state index is 0.0709. The first-order chi connectivity index (χ1) is 11.0. The normalized spacial score (nSPS) is 20.5. The zero-order chi connectivity index (χ0) is 16.8. The van der Waals surface area contributed by atoms with E-state index >= 15 is 0 Å². The minimum atomic E-state index is -1.41. The third kappa shape index (κ3) is 4.87. The first kappa shape index (κ1) is 17.1. The Hall–Kier alpha value is -2.24. The van der Waals surface area contributed by atoms with E-state index in [2.05, 4.69) is 26.1 Å².